The first-order chi connectivity index (χ1) is 9.31. The third kappa shape index (κ3) is 6.73. The predicted octanol–water partition coefficient (Wildman–Crippen LogP) is 3.05. The van der Waals surface area contributed by atoms with Gasteiger partial charge in [-0.2, -0.15) is 0 Å². The lowest BCUT2D eigenvalue weighted by molar-refractivity contribution is -0.0478. The standard InChI is InChI=1S/C16H34N2O/c1-4-7-8-9-15(17-10-5-2)16-14-18(11-6-3)12-13-19-16/h15-17H,4-14H2,1-3H3. The van der Waals surface area contributed by atoms with E-state index in [9.17, 15) is 0 Å². The minimum absolute atomic E-state index is 0.392. The van der Waals surface area contributed by atoms with Gasteiger partial charge in [-0.25, -0.2) is 0 Å². The van der Waals surface area contributed by atoms with Crippen LogP contribution >= 0.6 is 0 Å². The molecular formula is C16H34N2O. The number of hydrogen-bond donors (Lipinski definition) is 1. The molecule has 0 radical (unpaired) electrons. The minimum Gasteiger partial charge on any atom is -0.374 e. The van der Waals surface area contributed by atoms with Crippen molar-refractivity contribution in [2.24, 2.45) is 0 Å². The molecule has 1 rings (SSSR count). The van der Waals surface area contributed by atoms with Crippen LogP contribution in [0.5, 0.6) is 0 Å². The van der Waals surface area contributed by atoms with Gasteiger partial charge in [0, 0.05) is 19.1 Å². The molecule has 3 heteroatoms. The molecule has 114 valence electrons. The fourth-order valence-electron chi connectivity index (χ4n) is 2.86. The van der Waals surface area contributed by atoms with Crippen molar-refractivity contribution in [2.45, 2.75) is 71.4 Å². The number of rotatable bonds is 10. The molecule has 0 amide bonds. The van der Waals surface area contributed by atoms with Crippen molar-refractivity contribution in [3.05, 3.63) is 0 Å². The summed E-state index contributed by atoms with van der Waals surface area (Å²) in [6.07, 6.45) is 8.07. The van der Waals surface area contributed by atoms with E-state index in [1.807, 2.05) is 0 Å². The Kier molecular flexibility index (Phi) is 9.48. The Morgan fingerprint density at radius 1 is 1.16 bits per heavy atom. The second-order valence-electron chi connectivity index (χ2n) is 5.77. The molecule has 1 saturated heterocycles. The summed E-state index contributed by atoms with van der Waals surface area (Å²) in [5.41, 5.74) is 0. The van der Waals surface area contributed by atoms with Gasteiger partial charge in [-0.3, -0.25) is 4.90 Å². The fourth-order valence-corrected chi connectivity index (χ4v) is 2.86. The second kappa shape index (κ2) is 10.6. The monoisotopic (exact) mass is 270 g/mol. The number of hydrogen-bond acceptors (Lipinski definition) is 3. The summed E-state index contributed by atoms with van der Waals surface area (Å²) in [5, 5.41) is 3.71. The zero-order chi connectivity index (χ0) is 13.9. The van der Waals surface area contributed by atoms with Gasteiger partial charge in [-0.1, -0.05) is 40.0 Å². The van der Waals surface area contributed by atoms with Crippen LogP contribution in [0.3, 0.4) is 0 Å². The number of morpholine rings is 1. The van der Waals surface area contributed by atoms with Crippen LogP contribution in [0.25, 0.3) is 0 Å². The molecule has 1 N–H and O–H groups in total. The van der Waals surface area contributed by atoms with Gasteiger partial charge >= 0.3 is 0 Å². The topological polar surface area (TPSA) is 24.5 Å². The van der Waals surface area contributed by atoms with E-state index in [4.69, 9.17) is 4.74 Å². The molecule has 0 aromatic heterocycles. The molecule has 2 unspecified atom stereocenters. The van der Waals surface area contributed by atoms with Crippen LogP contribution in [0.2, 0.25) is 0 Å². The molecule has 19 heavy (non-hydrogen) atoms. The first kappa shape index (κ1) is 16.9. The molecule has 1 heterocycles. The fraction of sp³-hybridized carbons (Fsp3) is 1.00. The lowest BCUT2D eigenvalue weighted by Gasteiger charge is -2.37. The second-order valence-corrected chi connectivity index (χ2v) is 5.77. The highest BCUT2D eigenvalue weighted by atomic mass is 16.5. The highest BCUT2D eigenvalue weighted by molar-refractivity contribution is 4.83. The van der Waals surface area contributed by atoms with Crippen LogP contribution in [-0.4, -0.2) is 49.8 Å². The SMILES string of the molecule is CCCCCC(NCCC)C1CN(CCC)CCO1. The summed E-state index contributed by atoms with van der Waals surface area (Å²) in [4.78, 5) is 2.56. The summed E-state index contributed by atoms with van der Waals surface area (Å²) >= 11 is 0. The van der Waals surface area contributed by atoms with Crippen LogP contribution in [-0.2, 0) is 4.74 Å². The Bertz CT molecular complexity index is 209. The molecule has 1 aliphatic heterocycles. The van der Waals surface area contributed by atoms with E-state index in [-0.39, 0.29) is 0 Å². The van der Waals surface area contributed by atoms with E-state index in [1.54, 1.807) is 0 Å². The third-order valence-corrected chi connectivity index (χ3v) is 3.94. The minimum atomic E-state index is 0.392. The van der Waals surface area contributed by atoms with Crippen molar-refractivity contribution in [3.63, 3.8) is 0 Å². The van der Waals surface area contributed by atoms with E-state index >= 15 is 0 Å². The molecule has 2 atom stereocenters. The van der Waals surface area contributed by atoms with Gasteiger partial charge in [-0.15, -0.1) is 0 Å². The van der Waals surface area contributed by atoms with Crippen molar-refractivity contribution in [2.75, 3.05) is 32.8 Å². The summed E-state index contributed by atoms with van der Waals surface area (Å²) in [5.74, 6) is 0. The average molecular weight is 270 g/mol. The Hall–Kier alpha value is -0.120. The predicted molar refractivity (Wildman–Crippen MR) is 82.7 cm³/mol. The van der Waals surface area contributed by atoms with Crippen molar-refractivity contribution in [1.82, 2.24) is 10.2 Å². The smallest absolute Gasteiger partial charge is 0.0855 e. The van der Waals surface area contributed by atoms with Gasteiger partial charge in [0.15, 0.2) is 0 Å². The Balaban J connectivity index is 2.41. The molecule has 3 nitrogen and oxygen atoms in total. The van der Waals surface area contributed by atoms with Crippen molar-refractivity contribution < 1.29 is 4.74 Å². The molecule has 0 bridgehead atoms. The molecule has 0 aromatic carbocycles. The maximum absolute atomic E-state index is 6.04. The summed E-state index contributed by atoms with van der Waals surface area (Å²) in [6, 6.07) is 0.547. The van der Waals surface area contributed by atoms with Crippen molar-refractivity contribution in [1.29, 1.82) is 0 Å². The Labute approximate surface area is 120 Å². The average Bonchev–Trinajstić information content (AvgIpc) is 2.43. The Morgan fingerprint density at radius 3 is 2.68 bits per heavy atom. The number of nitrogens with zero attached hydrogens (tertiary/aromatic N) is 1. The summed E-state index contributed by atoms with van der Waals surface area (Å²) in [7, 11) is 0. The molecular weight excluding hydrogens is 236 g/mol. The van der Waals surface area contributed by atoms with Gasteiger partial charge in [0.25, 0.3) is 0 Å². The first-order valence-electron chi connectivity index (χ1n) is 8.39. The van der Waals surface area contributed by atoms with Gasteiger partial charge in [0.1, 0.15) is 0 Å². The van der Waals surface area contributed by atoms with Crippen LogP contribution in [0, 0.1) is 0 Å². The maximum Gasteiger partial charge on any atom is 0.0855 e. The van der Waals surface area contributed by atoms with Crippen LogP contribution in [0.15, 0.2) is 0 Å². The molecule has 1 fully saturated rings. The third-order valence-electron chi connectivity index (χ3n) is 3.94. The molecule has 0 saturated carbocycles. The van der Waals surface area contributed by atoms with Gasteiger partial charge in [0.2, 0.25) is 0 Å². The lowest BCUT2D eigenvalue weighted by atomic mass is 10.0. The van der Waals surface area contributed by atoms with E-state index in [1.165, 1.54) is 45.1 Å². The normalized spacial score (nSPS) is 22.6. The quantitative estimate of drug-likeness (QED) is 0.618. The van der Waals surface area contributed by atoms with Crippen LogP contribution < -0.4 is 5.32 Å². The summed E-state index contributed by atoms with van der Waals surface area (Å²) in [6.45, 7) is 12.2. The van der Waals surface area contributed by atoms with Gasteiger partial charge in [-0.05, 0) is 32.4 Å². The summed E-state index contributed by atoms with van der Waals surface area (Å²) < 4.78 is 6.04. The largest absolute Gasteiger partial charge is 0.374 e. The molecule has 0 aromatic rings. The molecule has 1 aliphatic rings. The van der Waals surface area contributed by atoms with Gasteiger partial charge < -0.3 is 10.1 Å². The maximum atomic E-state index is 6.04. The van der Waals surface area contributed by atoms with Crippen LogP contribution in [0.4, 0.5) is 0 Å². The lowest BCUT2D eigenvalue weighted by Crippen LogP contribution is -2.52. The molecule has 0 spiro atoms. The molecule has 0 aliphatic carbocycles. The highest BCUT2D eigenvalue weighted by Crippen LogP contribution is 2.15. The first-order valence-corrected chi connectivity index (χ1v) is 8.39. The van der Waals surface area contributed by atoms with E-state index < -0.39 is 0 Å². The Morgan fingerprint density at radius 2 is 2.00 bits per heavy atom. The number of ether oxygens (including phenoxy) is 1. The van der Waals surface area contributed by atoms with E-state index in [0.29, 0.717) is 12.1 Å². The van der Waals surface area contributed by atoms with Crippen LogP contribution in [0.1, 0.15) is 59.3 Å². The van der Waals surface area contributed by atoms with Crippen molar-refractivity contribution >= 4 is 0 Å². The van der Waals surface area contributed by atoms with E-state index in [0.717, 1.165) is 26.2 Å². The zero-order valence-electron chi connectivity index (χ0n) is 13.3. The highest BCUT2D eigenvalue weighted by Gasteiger charge is 2.26. The van der Waals surface area contributed by atoms with Crippen molar-refractivity contribution in [3.8, 4) is 0 Å². The zero-order valence-corrected chi connectivity index (χ0v) is 13.3. The van der Waals surface area contributed by atoms with Gasteiger partial charge in [0.05, 0.1) is 12.7 Å². The number of unbranched alkanes of at least 4 members (excludes halogenated alkanes) is 2. The number of nitrogens with one attached hydrogen (secondary N) is 1. The van der Waals surface area contributed by atoms with E-state index in [2.05, 4.69) is 31.0 Å².